The fourth-order valence-corrected chi connectivity index (χ4v) is 1.23. The van der Waals surface area contributed by atoms with Gasteiger partial charge in [0.05, 0.1) is 5.92 Å². The molecule has 1 saturated carbocycles. The molecule has 2 fully saturated rings. The van der Waals surface area contributed by atoms with Crippen LogP contribution in [0, 0.1) is 10.8 Å². The summed E-state index contributed by atoms with van der Waals surface area (Å²) in [5.41, 5.74) is 0. The Labute approximate surface area is 46.3 Å². The van der Waals surface area contributed by atoms with Gasteiger partial charge in [0.25, 0.3) is 0 Å². The van der Waals surface area contributed by atoms with Crippen LogP contribution in [0.3, 0.4) is 0 Å². The van der Waals surface area contributed by atoms with Crippen molar-refractivity contribution >= 4 is 5.78 Å². The van der Waals surface area contributed by atoms with Crippen LogP contribution in [-0.4, -0.2) is 23.1 Å². The molecule has 1 aliphatic carbocycles. The van der Waals surface area contributed by atoms with E-state index in [9.17, 15) is 9.70 Å². The van der Waals surface area contributed by atoms with Crippen molar-refractivity contribution in [2.75, 3.05) is 6.54 Å². The van der Waals surface area contributed by atoms with Gasteiger partial charge < -0.3 is 0 Å². The Balaban J connectivity index is 2.31. The molecule has 0 spiro atoms. The zero-order chi connectivity index (χ0) is 5.72. The number of Topliss-reactive ketones (excluding diaryl/α,β-unsaturated/α-hetero) is 1. The van der Waals surface area contributed by atoms with Gasteiger partial charge in [0.15, 0.2) is 0 Å². The van der Waals surface area contributed by atoms with E-state index in [1.54, 1.807) is 0 Å². The van der Waals surface area contributed by atoms with Gasteiger partial charge in [-0.3, -0.25) is 4.79 Å². The number of nitroso groups, excluding NO2 is 1. The molecular formula is C5H6NO2+. The van der Waals surface area contributed by atoms with Crippen molar-refractivity contribution in [3.8, 4) is 0 Å². The van der Waals surface area contributed by atoms with E-state index in [1.165, 1.54) is 0 Å². The normalized spacial score (nSPS) is 42.5. The monoisotopic (exact) mass is 112 g/mol. The first kappa shape index (κ1) is 4.18. The van der Waals surface area contributed by atoms with Crippen LogP contribution in [0.5, 0.6) is 0 Å². The zero-order valence-electron chi connectivity index (χ0n) is 4.33. The van der Waals surface area contributed by atoms with Crippen LogP contribution < -0.4 is 0 Å². The van der Waals surface area contributed by atoms with E-state index in [-0.39, 0.29) is 24.3 Å². The third-order valence-electron chi connectivity index (χ3n) is 1.85. The van der Waals surface area contributed by atoms with E-state index in [1.807, 2.05) is 0 Å². The molecule has 3 heteroatoms. The van der Waals surface area contributed by atoms with Gasteiger partial charge in [-0.05, 0) is 0 Å². The Kier molecular flexibility index (Phi) is 0.517. The van der Waals surface area contributed by atoms with Crippen molar-refractivity contribution in [3.63, 3.8) is 0 Å². The SMILES string of the molecule is O=C1C[N+](=O)C2CC12. The summed E-state index contributed by atoms with van der Waals surface area (Å²) in [6.07, 6.45) is 0.822. The van der Waals surface area contributed by atoms with Crippen molar-refractivity contribution in [3.05, 3.63) is 4.91 Å². The topological polar surface area (TPSA) is 37.1 Å². The summed E-state index contributed by atoms with van der Waals surface area (Å²) >= 11 is 0. The van der Waals surface area contributed by atoms with Gasteiger partial charge in [0.2, 0.25) is 18.4 Å². The molecule has 0 amide bonds. The predicted octanol–water partition coefficient (Wildman–Crippen LogP) is -0.264. The van der Waals surface area contributed by atoms with Crippen LogP contribution in [0.15, 0.2) is 0 Å². The van der Waals surface area contributed by atoms with Crippen LogP contribution in [0.4, 0.5) is 0 Å². The molecule has 0 aromatic heterocycles. The van der Waals surface area contributed by atoms with E-state index >= 15 is 0 Å². The van der Waals surface area contributed by atoms with Crippen molar-refractivity contribution in [1.82, 2.24) is 0 Å². The summed E-state index contributed by atoms with van der Waals surface area (Å²) in [6.45, 7) is 0.148. The molecule has 42 valence electrons. The number of nitrogens with zero attached hydrogens (tertiary/aromatic N) is 1. The number of ketones is 1. The number of rotatable bonds is 0. The quantitative estimate of drug-likeness (QED) is 0.405. The first-order valence-electron chi connectivity index (χ1n) is 2.75. The molecule has 1 aliphatic heterocycles. The molecule has 2 aliphatic rings. The largest absolute Gasteiger partial charge is 0.292 e. The Morgan fingerprint density at radius 3 is 2.50 bits per heavy atom. The van der Waals surface area contributed by atoms with Gasteiger partial charge in [-0.15, -0.1) is 0 Å². The summed E-state index contributed by atoms with van der Waals surface area (Å²) in [7, 11) is 0. The summed E-state index contributed by atoms with van der Waals surface area (Å²) in [5, 5.41) is 0. The molecular weight excluding hydrogens is 106 g/mol. The summed E-state index contributed by atoms with van der Waals surface area (Å²) < 4.78 is 0.896. The van der Waals surface area contributed by atoms with Crippen LogP contribution in [-0.2, 0) is 4.79 Å². The number of hydrogen-bond donors (Lipinski definition) is 0. The third kappa shape index (κ3) is 0.322. The lowest BCUT2D eigenvalue weighted by Crippen LogP contribution is -2.10. The second-order valence-corrected chi connectivity index (χ2v) is 2.45. The minimum atomic E-state index is 0.0856. The lowest BCUT2D eigenvalue weighted by atomic mass is 10.3. The second kappa shape index (κ2) is 0.989. The maximum atomic E-state index is 10.6. The third-order valence-corrected chi connectivity index (χ3v) is 1.85. The molecule has 1 saturated heterocycles. The molecule has 1 heterocycles. The van der Waals surface area contributed by atoms with Gasteiger partial charge >= 0.3 is 0 Å². The average molecular weight is 112 g/mol. The number of fused-ring (bicyclic) bond motifs is 1. The van der Waals surface area contributed by atoms with Crippen molar-refractivity contribution in [2.24, 2.45) is 5.92 Å². The zero-order valence-corrected chi connectivity index (χ0v) is 4.33. The average Bonchev–Trinajstić information content (AvgIpc) is 2.35. The lowest BCUT2D eigenvalue weighted by molar-refractivity contribution is -0.542. The molecule has 2 unspecified atom stereocenters. The van der Waals surface area contributed by atoms with Gasteiger partial charge in [-0.2, -0.15) is 0 Å². The molecule has 0 aromatic rings. The van der Waals surface area contributed by atoms with E-state index in [0.29, 0.717) is 0 Å². The maximum Gasteiger partial charge on any atom is 0.250 e. The lowest BCUT2D eigenvalue weighted by Gasteiger charge is -1.76. The predicted molar refractivity (Wildman–Crippen MR) is 25.4 cm³/mol. The molecule has 0 N–H and O–H groups in total. The Morgan fingerprint density at radius 2 is 2.38 bits per heavy atom. The fraction of sp³-hybridized carbons (Fsp3) is 0.800. The molecule has 0 radical (unpaired) electrons. The van der Waals surface area contributed by atoms with E-state index in [4.69, 9.17) is 0 Å². The standard InChI is InChI=1S/C5H6NO2/c7-5-2-6(8)4-1-3(4)5/h3-4H,1-2H2/q+1. The van der Waals surface area contributed by atoms with Crippen LogP contribution in [0.1, 0.15) is 6.42 Å². The first-order chi connectivity index (χ1) is 3.79. The van der Waals surface area contributed by atoms with Crippen molar-refractivity contribution in [2.45, 2.75) is 12.5 Å². The van der Waals surface area contributed by atoms with E-state index in [2.05, 4.69) is 0 Å². The highest BCUT2D eigenvalue weighted by molar-refractivity contribution is 5.86. The van der Waals surface area contributed by atoms with Gasteiger partial charge in [-0.1, -0.05) is 0 Å². The Hall–Kier alpha value is -0.730. The second-order valence-electron chi connectivity index (χ2n) is 2.45. The minimum absolute atomic E-state index is 0.0856. The fourth-order valence-electron chi connectivity index (χ4n) is 1.23. The molecule has 0 bridgehead atoms. The molecule has 2 atom stereocenters. The maximum absolute atomic E-state index is 10.6. The number of carbonyl (C=O) groups excluding carboxylic acids is 1. The molecule has 8 heavy (non-hydrogen) atoms. The van der Waals surface area contributed by atoms with Crippen LogP contribution >= 0.6 is 0 Å². The van der Waals surface area contributed by atoms with Crippen LogP contribution in [0.25, 0.3) is 0 Å². The summed E-state index contributed by atoms with van der Waals surface area (Å²) in [5.74, 6) is 0.275. The number of piperidine rings is 1. The smallest absolute Gasteiger partial charge is 0.250 e. The molecule has 2 rings (SSSR count). The molecule has 3 nitrogen and oxygen atoms in total. The molecule has 0 aromatic carbocycles. The summed E-state index contributed by atoms with van der Waals surface area (Å²) in [6, 6.07) is 0.0856. The van der Waals surface area contributed by atoms with Gasteiger partial charge in [-0.25, -0.2) is 0 Å². The highest BCUT2D eigenvalue weighted by Crippen LogP contribution is 2.38. The number of hydrogen-bond acceptors (Lipinski definition) is 2. The van der Waals surface area contributed by atoms with E-state index < -0.39 is 0 Å². The van der Waals surface area contributed by atoms with Crippen molar-refractivity contribution < 1.29 is 9.55 Å². The Morgan fingerprint density at radius 1 is 1.62 bits per heavy atom. The summed E-state index contributed by atoms with van der Waals surface area (Å²) in [4.78, 5) is 21.1. The number of carbonyl (C=O) groups is 1. The van der Waals surface area contributed by atoms with Crippen molar-refractivity contribution in [1.29, 1.82) is 0 Å². The highest BCUT2D eigenvalue weighted by Gasteiger charge is 2.61. The minimum Gasteiger partial charge on any atom is -0.292 e. The van der Waals surface area contributed by atoms with E-state index in [0.717, 1.165) is 11.2 Å². The Bertz CT molecular complexity index is 157. The van der Waals surface area contributed by atoms with Gasteiger partial charge in [0, 0.05) is 16.1 Å². The van der Waals surface area contributed by atoms with Crippen LogP contribution in [0.2, 0.25) is 0 Å². The highest BCUT2D eigenvalue weighted by atomic mass is 16.3. The van der Waals surface area contributed by atoms with Gasteiger partial charge in [0.1, 0.15) is 0 Å². The first-order valence-corrected chi connectivity index (χ1v) is 2.75.